The molecule has 0 aliphatic rings. The quantitative estimate of drug-likeness (QED) is 0.786. The SMILES string of the molecule is COC(=O)C(Cc1ccccc1)NC(=O)COc1c(C)cccc1C. The Morgan fingerprint density at radius 2 is 1.64 bits per heavy atom. The summed E-state index contributed by atoms with van der Waals surface area (Å²) in [7, 11) is 1.31. The Labute approximate surface area is 148 Å². The molecule has 1 amide bonds. The van der Waals surface area contributed by atoms with Crippen molar-refractivity contribution in [3.05, 3.63) is 65.2 Å². The van der Waals surface area contributed by atoms with E-state index in [1.807, 2.05) is 62.4 Å². The number of carbonyl (C=O) groups excluding carboxylic acids is 2. The Balaban J connectivity index is 1.98. The predicted octanol–water partition coefficient (Wildman–Crippen LogP) is 2.58. The molecule has 1 N–H and O–H groups in total. The molecule has 0 radical (unpaired) electrons. The van der Waals surface area contributed by atoms with Crippen molar-refractivity contribution in [2.24, 2.45) is 0 Å². The Morgan fingerprint density at radius 3 is 2.24 bits per heavy atom. The Kier molecular flexibility index (Phi) is 6.57. The average molecular weight is 341 g/mol. The normalized spacial score (nSPS) is 11.5. The van der Waals surface area contributed by atoms with Crippen molar-refractivity contribution in [2.75, 3.05) is 13.7 Å². The van der Waals surface area contributed by atoms with Crippen molar-refractivity contribution in [1.29, 1.82) is 0 Å². The predicted molar refractivity (Wildman–Crippen MR) is 95.5 cm³/mol. The third kappa shape index (κ3) is 5.35. The first kappa shape index (κ1) is 18.5. The van der Waals surface area contributed by atoms with Gasteiger partial charge < -0.3 is 14.8 Å². The number of esters is 1. The van der Waals surface area contributed by atoms with E-state index in [0.717, 1.165) is 16.7 Å². The van der Waals surface area contributed by atoms with Gasteiger partial charge in [0.15, 0.2) is 6.61 Å². The molecule has 0 saturated carbocycles. The van der Waals surface area contributed by atoms with Gasteiger partial charge in [-0.25, -0.2) is 4.79 Å². The van der Waals surface area contributed by atoms with Gasteiger partial charge in [-0.2, -0.15) is 0 Å². The smallest absolute Gasteiger partial charge is 0.328 e. The highest BCUT2D eigenvalue weighted by atomic mass is 16.5. The highest BCUT2D eigenvalue weighted by molar-refractivity contribution is 5.85. The molecule has 2 rings (SSSR count). The third-order valence-electron chi connectivity index (χ3n) is 3.86. The monoisotopic (exact) mass is 341 g/mol. The van der Waals surface area contributed by atoms with Crippen molar-refractivity contribution < 1.29 is 19.1 Å². The Hall–Kier alpha value is -2.82. The van der Waals surface area contributed by atoms with Crippen LogP contribution in [0.15, 0.2) is 48.5 Å². The summed E-state index contributed by atoms with van der Waals surface area (Å²) < 4.78 is 10.4. The topological polar surface area (TPSA) is 64.6 Å². The van der Waals surface area contributed by atoms with Crippen LogP contribution in [0.1, 0.15) is 16.7 Å². The fraction of sp³-hybridized carbons (Fsp3) is 0.300. The standard InChI is InChI=1S/C20H23NO4/c1-14-8-7-9-15(2)19(14)25-13-18(22)21-17(20(23)24-3)12-16-10-5-4-6-11-16/h4-11,17H,12-13H2,1-3H3,(H,21,22). The molecule has 1 unspecified atom stereocenters. The summed E-state index contributed by atoms with van der Waals surface area (Å²) >= 11 is 0. The molecule has 0 heterocycles. The van der Waals surface area contributed by atoms with Gasteiger partial charge in [0, 0.05) is 6.42 Å². The fourth-order valence-corrected chi connectivity index (χ4v) is 2.59. The van der Waals surface area contributed by atoms with Crippen LogP contribution in [0.5, 0.6) is 5.75 Å². The summed E-state index contributed by atoms with van der Waals surface area (Å²) in [5.74, 6) is -0.159. The van der Waals surface area contributed by atoms with Crippen LogP contribution >= 0.6 is 0 Å². The van der Waals surface area contributed by atoms with E-state index in [-0.39, 0.29) is 12.5 Å². The summed E-state index contributed by atoms with van der Waals surface area (Å²) in [5, 5.41) is 2.69. The molecule has 5 heteroatoms. The molecule has 0 fully saturated rings. The van der Waals surface area contributed by atoms with Gasteiger partial charge in [-0.05, 0) is 30.5 Å². The molecule has 0 spiro atoms. The number of ether oxygens (including phenoxy) is 2. The van der Waals surface area contributed by atoms with Crippen LogP contribution in [0, 0.1) is 13.8 Å². The van der Waals surface area contributed by atoms with Crippen LogP contribution in [0.25, 0.3) is 0 Å². The number of para-hydroxylation sites is 1. The number of hydrogen-bond acceptors (Lipinski definition) is 4. The van der Waals surface area contributed by atoms with Crippen LogP contribution < -0.4 is 10.1 Å². The van der Waals surface area contributed by atoms with Crippen LogP contribution in [0.2, 0.25) is 0 Å². The van der Waals surface area contributed by atoms with Gasteiger partial charge in [0.2, 0.25) is 0 Å². The summed E-state index contributed by atoms with van der Waals surface area (Å²) in [6.45, 7) is 3.69. The zero-order valence-electron chi connectivity index (χ0n) is 14.7. The second-order valence-corrected chi connectivity index (χ2v) is 5.84. The zero-order valence-corrected chi connectivity index (χ0v) is 14.7. The number of aryl methyl sites for hydroxylation is 2. The Morgan fingerprint density at radius 1 is 1.00 bits per heavy atom. The van der Waals surface area contributed by atoms with E-state index in [1.54, 1.807) is 0 Å². The average Bonchev–Trinajstić information content (AvgIpc) is 2.61. The highest BCUT2D eigenvalue weighted by Crippen LogP contribution is 2.22. The van der Waals surface area contributed by atoms with Crippen molar-refractivity contribution in [2.45, 2.75) is 26.3 Å². The summed E-state index contributed by atoms with van der Waals surface area (Å²) in [5.41, 5.74) is 2.86. The lowest BCUT2D eigenvalue weighted by molar-refractivity contribution is -0.145. The minimum absolute atomic E-state index is 0.159. The Bertz CT molecular complexity index is 707. The van der Waals surface area contributed by atoms with Crippen molar-refractivity contribution in [1.82, 2.24) is 5.32 Å². The van der Waals surface area contributed by atoms with E-state index in [0.29, 0.717) is 12.2 Å². The number of benzene rings is 2. The third-order valence-corrected chi connectivity index (χ3v) is 3.86. The maximum atomic E-state index is 12.2. The summed E-state index contributed by atoms with van der Waals surface area (Å²) in [4.78, 5) is 24.2. The molecule has 0 bridgehead atoms. The molecule has 1 atom stereocenters. The van der Waals surface area contributed by atoms with Crippen LogP contribution in [0.3, 0.4) is 0 Å². The molecule has 0 aliphatic carbocycles. The van der Waals surface area contributed by atoms with E-state index in [2.05, 4.69) is 5.32 Å². The first-order valence-corrected chi connectivity index (χ1v) is 8.11. The lowest BCUT2D eigenvalue weighted by Crippen LogP contribution is -2.45. The highest BCUT2D eigenvalue weighted by Gasteiger charge is 2.22. The van der Waals surface area contributed by atoms with Gasteiger partial charge in [0.1, 0.15) is 11.8 Å². The van der Waals surface area contributed by atoms with Crippen LogP contribution in [0.4, 0.5) is 0 Å². The molecule has 0 aliphatic heterocycles. The molecule has 2 aromatic carbocycles. The largest absolute Gasteiger partial charge is 0.483 e. The molecule has 2 aromatic rings. The van der Waals surface area contributed by atoms with Gasteiger partial charge in [0.25, 0.3) is 5.91 Å². The molecule has 0 aromatic heterocycles. The van der Waals surface area contributed by atoms with E-state index in [4.69, 9.17) is 9.47 Å². The van der Waals surface area contributed by atoms with Gasteiger partial charge in [-0.15, -0.1) is 0 Å². The first-order chi connectivity index (χ1) is 12.0. The van der Waals surface area contributed by atoms with Crippen LogP contribution in [-0.2, 0) is 20.7 Å². The van der Waals surface area contributed by atoms with Gasteiger partial charge in [-0.3, -0.25) is 4.79 Å². The molecular weight excluding hydrogens is 318 g/mol. The van der Waals surface area contributed by atoms with Gasteiger partial charge in [0.05, 0.1) is 7.11 Å². The van der Waals surface area contributed by atoms with E-state index < -0.39 is 12.0 Å². The fourth-order valence-electron chi connectivity index (χ4n) is 2.59. The summed E-state index contributed by atoms with van der Waals surface area (Å²) in [6, 6.07) is 14.5. The van der Waals surface area contributed by atoms with Crippen molar-refractivity contribution >= 4 is 11.9 Å². The minimum atomic E-state index is -0.749. The van der Waals surface area contributed by atoms with Gasteiger partial charge in [-0.1, -0.05) is 48.5 Å². The number of rotatable bonds is 7. The van der Waals surface area contributed by atoms with E-state index in [9.17, 15) is 9.59 Å². The summed E-state index contributed by atoms with van der Waals surface area (Å²) in [6.07, 6.45) is 0.364. The number of methoxy groups -OCH3 is 1. The van der Waals surface area contributed by atoms with Crippen molar-refractivity contribution in [3.8, 4) is 5.75 Å². The maximum absolute atomic E-state index is 12.2. The molecule has 25 heavy (non-hydrogen) atoms. The molecule has 0 saturated heterocycles. The first-order valence-electron chi connectivity index (χ1n) is 8.11. The second-order valence-electron chi connectivity index (χ2n) is 5.84. The molecule has 132 valence electrons. The second kappa shape index (κ2) is 8.87. The van der Waals surface area contributed by atoms with E-state index >= 15 is 0 Å². The molecule has 5 nitrogen and oxygen atoms in total. The van der Waals surface area contributed by atoms with Crippen molar-refractivity contribution in [3.63, 3.8) is 0 Å². The zero-order chi connectivity index (χ0) is 18.2. The molecular formula is C20H23NO4. The lowest BCUT2D eigenvalue weighted by atomic mass is 10.1. The lowest BCUT2D eigenvalue weighted by Gasteiger charge is -2.17. The number of carbonyl (C=O) groups is 2. The number of nitrogens with one attached hydrogen (secondary N) is 1. The van der Waals surface area contributed by atoms with E-state index in [1.165, 1.54) is 7.11 Å². The maximum Gasteiger partial charge on any atom is 0.328 e. The van der Waals surface area contributed by atoms with Gasteiger partial charge >= 0.3 is 5.97 Å². The number of amides is 1. The minimum Gasteiger partial charge on any atom is -0.483 e. The number of hydrogen-bond donors (Lipinski definition) is 1. The van der Waals surface area contributed by atoms with Crippen LogP contribution in [-0.4, -0.2) is 31.6 Å².